The fraction of sp³-hybridized carbons (Fsp3) is 0.545. The van der Waals surface area contributed by atoms with Crippen molar-refractivity contribution in [3.05, 3.63) is 11.1 Å². The van der Waals surface area contributed by atoms with Gasteiger partial charge in [-0.05, 0) is 26.7 Å². The van der Waals surface area contributed by atoms with Crippen molar-refractivity contribution in [2.75, 3.05) is 34.4 Å². The Labute approximate surface area is 181 Å². The van der Waals surface area contributed by atoms with Crippen LogP contribution in [0.4, 0.5) is 23.3 Å². The molecule has 2 aromatic rings. The first kappa shape index (κ1) is 19.8. The summed E-state index contributed by atoms with van der Waals surface area (Å²) in [6.45, 7) is 5.20. The summed E-state index contributed by atoms with van der Waals surface area (Å²) in [5.74, 6) is 1.56. The average molecular weight is 422 g/mol. The van der Waals surface area contributed by atoms with Crippen molar-refractivity contribution in [1.82, 2.24) is 9.97 Å². The first-order valence-electron chi connectivity index (χ1n) is 10.9. The molecule has 162 valence electrons. The van der Waals surface area contributed by atoms with Crippen LogP contribution in [0.25, 0.3) is 10.8 Å². The highest BCUT2D eigenvalue weighted by molar-refractivity contribution is 6.13. The minimum atomic E-state index is 0.00155. The molecule has 1 saturated heterocycles. The van der Waals surface area contributed by atoms with Crippen molar-refractivity contribution in [2.24, 2.45) is 0 Å². The predicted octanol–water partition coefficient (Wildman–Crippen LogP) is 2.11. The maximum Gasteiger partial charge on any atom is 0.233 e. The Morgan fingerprint density at radius 2 is 1.65 bits per heavy atom. The van der Waals surface area contributed by atoms with Crippen molar-refractivity contribution in [1.29, 1.82) is 5.26 Å². The van der Waals surface area contributed by atoms with E-state index in [-0.39, 0.29) is 42.2 Å². The van der Waals surface area contributed by atoms with E-state index >= 15 is 0 Å². The van der Waals surface area contributed by atoms with E-state index in [1.54, 1.807) is 4.90 Å². The number of carbonyl (C=O) groups is 1. The third-order valence-corrected chi connectivity index (χ3v) is 6.61. The Bertz CT molecular complexity index is 1110. The number of amides is 1. The zero-order valence-electron chi connectivity index (χ0n) is 17.9. The normalized spacial score (nSPS) is 24.1. The first-order valence-corrected chi connectivity index (χ1v) is 10.9. The number of ether oxygens (including phenoxy) is 1. The van der Waals surface area contributed by atoms with E-state index in [9.17, 15) is 10.1 Å². The smallest absolute Gasteiger partial charge is 0.233 e. The first-order chi connectivity index (χ1) is 14.9. The van der Waals surface area contributed by atoms with Crippen LogP contribution in [-0.4, -0.2) is 47.2 Å². The van der Waals surface area contributed by atoms with Crippen LogP contribution in [0.5, 0.6) is 0 Å². The number of nitrogens with zero attached hydrogens (tertiary/aromatic N) is 5. The Hall–Kier alpha value is -3.12. The van der Waals surface area contributed by atoms with Crippen LogP contribution in [0.1, 0.15) is 50.7 Å². The van der Waals surface area contributed by atoms with Crippen LogP contribution in [-0.2, 0) is 16.0 Å². The highest BCUT2D eigenvalue weighted by Gasteiger charge is 2.39. The third-order valence-electron chi connectivity index (χ3n) is 6.61. The van der Waals surface area contributed by atoms with Gasteiger partial charge in [-0.2, -0.15) is 5.26 Å². The molecule has 1 amide bonds. The van der Waals surface area contributed by atoms with Gasteiger partial charge in [-0.15, -0.1) is 0 Å². The molecular formula is C22H27N7O2. The largest absolute Gasteiger partial charge is 0.383 e. The van der Waals surface area contributed by atoms with Gasteiger partial charge in [0.25, 0.3) is 0 Å². The van der Waals surface area contributed by atoms with E-state index < -0.39 is 0 Å². The molecule has 4 N–H and O–H groups in total. The number of nitrogen functional groups attached to an aromatic ring is 2. The molecule has 4 heterocycles. The van der Waals surface area contributed by atoms with Gasteiger partial charge in [-0.3, -0.25) is 9.69 Å². The number of hydrogen-bond acceptors (Lipinski definition) is 8. The molecule has 9 heteroatoms. The van der Waals surface area contributed by atoms with Gasteiger partial charge in [0.15, 0.2) is 0 Å². The van der Waals surface area contributed by atoms with Crippen molar-refractivity contribution < 1.29 is 9.53 Å². The number of fused-ring (bicyclic) bond motifs is 3. The molecule has 0 bridgehead atoms. The van der Waals surface area contributed by atoms with E-state index in [0.29, 0.717) is 41.1 Å². The molecule has 1 aliphatic carbocycles. The molecule has 0 aromatic carbocycles. The number of aromatic nitrogens is 2. The molecular weight excluding hydrogens is 394 g/mol. The molecule has 2 unspecified atom stereocenters. The van der Waals surface area contributed by atoms with Gasteiger partial charge in [0, 0.05) is 30.1 Å². The van der Waals surface area contributed by atoms with E-state index in [1.807, 2.05) is 18.7 Å². The van der Waals surface area contributed by atoms with Gasteiger partial charge < -0.3 is 21.1 Å². The number of nitrogens with two attached hydrogens (primary N) is 2. The zero-order valence-corrected chi connectivity index (χ0v) is 17.9. The monoisotopic (exact) mass is 421 g/mol. The topological polar surface area (TPSA) is 134 Å². The standard InChI is InChI=1S/C22H27N7O2/c1-11-9-28(10-12(2)31-11)21-15(8-23)17-14-7-16(30)29(13-5-3-4-6-13)22(14)27-20(25)18(17)19(24)26-21/h11-13H,3-7,9-10H2,1-2H3,(H2,24,26)(H2,25,27). The van der Waals surface area contributed by atoms with Crippen LogP contribution in [0.15, 0.2) is 0 Å². The van der Waals surface area contributed by atoms with Crippen molar-refractivity contribution >= 4 is 40.0 Å². The molecule has 0 spiro atoms. The third kappa shape index (κ3) is 3.05. The molecule has 31 heavy (non-hydrogen) atoms. The van der Waals surface area contributed by atoms with Crippen LogP contribution < -0.4 is 21.3 Å². The Morgan fingerprint density at radius 3 is 2.26 bits per heavy atom. The van der Waals surface area contributed by atoms with Crippen molar-refractivity contribution in [3.8, 4) is 6.07 Å². The molecule has 1 saturated carbocycles. The van der Waals surface area contributed by atoms with E-state index in [0.717, 1.165) is 31.2 Å². The van der Waals surface area contributed by atoms with Crippen LogP contribution in [0, 0.1) is 11.3 Å². The number of hydrogen-bond donors (Lipinski definition) is 2. The van der Waals surface area contributed by atoms with E-state index in [2.05, 4.69) is 16.0 Å². The van der Waals surface area contributed by atoms with Gasteiger partial charge >= 0.3 is 0 Å². The van der Waals surface area contributed by atoms with E-state index in [4.69, 9.17) is 16.2 Å². The molecule has 2 fully saturated rings. The summed E-state index contributed by atoms with van der Waals surface area (Å²) < 4.78 is 5.84. The molecule has 3 aliphatic rings. The second-order valence-electron chi connectivity index (χ2n) is 8.90. The minimum Gasteiger partial charge on any atom is -0.383 e. The van der Waals surface area contributed by atoms with Crippen LogP contribution in [0.2, 0.25) is 0 Å². The lowest BCUT2D eigenvalue weighted by atomic mass is 10.00. The molecule has 9 nitrogen and oxygen atoms in total. The minimum absolute atomic E-state index is 0.00155. The number of pyridine rings is 2. The second kappa shape index (κ2) is 7.24. The van der Waals surface area contributed by atoms with Gasteiger partial charge in [0.05, 0.1) is 24.0 Å². The van der Waals surface area contributed by atoms with Gasteiger partial charge in [0.2, 0.25) is 5.91 Å². The molecule has 0 radical (unpaired) electrons. The average Bonchev–Trinajstić information content (AvgIpc) is 3.33. The molecule has 2 atom stereocenters. The fourth-order valence-electron chi connectivity index (χ4n) is 5.45. The maximum absolute atomic E-state index is 13.0. The molecule has 2 aromatic heterocycles. The van der Waals surface area contributed by atoms with E-state index in [1.165, 1.54) is 0 Å². The number of morpholine rings is 1. The predicted molar refractivity (Wildman–Crippen MR) is 119 cm³/mol. The lowest BCUT2D eigenvalue weighted by molar-refractivity contribution is -0.117. The maximum atomic E-state index is 13.0. The summed E-state index contributed by atoms with van der Waals surface area (Å²) in [6, 6.07) is 2.48. The highest BCUT2D eigenvalue weighted by atomic mass is 16.5. The summed E-state index contributed by atoms with van der Waals surface area (Å²) in [7, 11) is 0. The lowest BCUT2D eigenvalue weighted by Gasteiger charge is -2.36. The Kier molecular flexibility index (Phi) is 4.63. The fourth-order valence-corrected chi connectivity index (χ4v) is 5.45. The quantitative estimate of drug-likeness (QED) is 0.753. The summed E-state index contributed by atoms with van der Waals surface area (Å²) >= 11 is 0. The number of anilines is 4. The SMILES string of the molecule is CC1CN(c2nc(N)c3c(N)nc4c(c3c2C#N)CC(=O)N4C2CCCC2)CC(C)O1. The van der Waals surface area contributed by atoms with Gasteiger partial charge in [-0.25, -0.2) is 9.97 Å². The summed E-state index contributed by atoms with van der Waals surface area (Å²) in [6.07, 6.45) is 4.33. The second-order valence-corrected chi connectivity index (χ2v) is 8.90. The summed E-state index contributed by atoms with van der Waals surface area (Å²) in [5, 5.41) is 11.3. The molecule has 5 rings (SSSR count). The zero-order chi connectivity index (χ0) is 21.9. The van der Waals surface area contributed by atoms with Crippen LogP contribution >= 0.6 is 0 Å². The van der Waals surface area contributed by atoms with Gasteiger partial charge in [-0.1, -0.05) is 12.8 Å². The van der Waals surface area contributed by atoms with Crippen LogP contribution in [0.3, 0.4) is 0 Å². The number of rotatable bonds is 2. The summed E-state index contributed by atoms with van der Waals surface area (Å²) in [4.78, 5) is 26.0. The Balaban J connectivity index is 1.74. The van der Waals surface area contributed by atoms with Gasteiger partial charge in [0.1, 0.15) is 34.9 Å². The molecule has 2 aliphatic heterocycles. The lowest BCUT2D eigenvalue weighted by Crippen LogP contribution is -2.46. The van der Waals surface area contributed by atoms with Crippen molar-refractivity contribution in [2.45, 2.75) is 64.2 Å². The number of carbonyl (C=O) groups excluding carboxylic acids is 1. The Morgan fingerprint density at radius 1 is 1.03 bits per heavy atom. The van der Waals surface area contributed by atoms with Crippen molar-refractivity contribution in [3.63, 3.8) is 0 Å². The highest BCUT2D eigenvalue weighted by Crippen LogP contribution is 2.44. The summed E-state index contributed by atoms with van der Waals surface area (Å²) in [5.41, 5.74) is 13.8. The number of nitriles is 1.